The molecule has 3 aromatic rings. The largest absolute Gasteiger partial charge is 0.391 e. The Kier molecular flexibility index (Phi) is 4.94. The van der Waals surface area contributed by atoms with Gasteiger partial charge >= 0.3 is 5.69 Å². The van der Waals surface area contributed by atoms with Crippen molar-refractivity contribution in [2.45, 2.75) is 32.5 Å². The normalized spacial score (nSPS) is 12.5. The van der Waals surface area contributed by atoms with E-state index in [2.05, 4.69) is 10.3 Å². The van der Waals surface area contributed by atoms with E-state index < -0.39 is 17.4 Å². The standard InChI is InChI=1S/C18H23N5O3/c1-4-13(24)11-23-14-15(21(2)18(26)22(3)16(14)25)20-17(23)19-10-12-8-6-5-7-9-12/h5-9,13,24H,4,10-11H2,1-3H3,(H,19,20). The number of aliphatic hydroxyl groups is 1. The lowest BCUT2D eigenvalue weighted by Gasteiger charge is -2.14. The van der Waals surface area contributed by atoms with Crippen molar-refractivity contribution in [1.29, 1.82) is 0 Å². The van der Waals surface area contributed by atoms with Crippen molar-refractivity contribution < 1.29 is 5.11 Å². The Labute approximate surface area is 150 Å². The van der Waals surface area contributed by atoms with Crippen molar-refractivity contribution in [3.63, 3.8) is 0 Å². The van der Waals surface area contributed by atoms with Crippen molar-refractivity contribution in [3.8, 4) is 0 Å². The lowest BCUT2D eigenvalue weighted by atomic mass is 10.2. The van der Waals surface area contributed by atoms with Gasteiger partial charge in [0.15, 0.2) is 11.2 Å². The van der Waals surface area contributed by atoms with Crippen molar-refractivity contribution in [2.75, 3.05) is 5.32 Å². The fourth-order valence-electron chi connectivity index (χ4n) is 2.88. The molecule has 8 heteroatoms. The number of aryl methyl sites for hydroxylation is 1. The number of aromatic nitrogens is 4. The summed E-state index contributed by atoms with van der Waals surface area (Å²) in [6.45, 7) is 2.60. The Morgan fingerprint density at radius 3 is 2.50 bits per heavy atom. The molecule has 0 saturated carbocycles. The molecule has 0 bridgehead atoms. The molecule has 0 fully saturated rings. The fraction of sp³-hybridized carbons (Fsp3) is 0.389. The number of benzene rings is 1. The van der Waals surface area contributed by atoms with E-state index in [0.29, 0.717) is 30.1 Å². The molecule has 0 aliphatic carbocycles. The molecule has 8 nitrogen and oxygen atoms in total. The second kappa shape index (κ2) is 7.17. The number of rotatable bonds is 6. The van der Waals surface area contributed by atoms with Gasteiger partial charge in [-0.1, -0.05) is 37.3 Å². The van der Waals surface area contributed by atoms with Gasteiger partial charge in [0.2, 0.25) is 5.95 Å². The van der Waals surface area contributed by atoms with Crippen LogP contribution in [-0.4, -0.2) is 29.9 Å². The maximum Gasteiger partial charge on any atom is 0.332 e. The molecule has 1 aromatic carbocycles. The molecule has 1 atom stereocenters. The number of nitrogens with zero attached hydrogens (tertiary/aromatic N) is 4. The SMILES string of the molecule is CCC(O)Cn1c(NCc2ccccc2)nc2c1c(=O)n(C)c(=O)n2C. The average Bonchev–Trinajstić information content (AvgIpc) is 3.02. The van der Waals surface area contributed by atoms with Crippen LogP contribution in [-0.2, 0) is 27.2 Å². The van der Waals surface area contributed by atoms with Crippen LogP contribution < -0.4 is 16.6 Å². The van der Waals surface area contributed by atoms with Crippen molar-refractivity contribution in [3.05, 3.63) is 56.7 Å². The van der Waals surface area contributed by atoms with Crippen LogP contribution in [0.2, 0.25) is 0 Å². The number of nitrogens with one attached hydrogen (secondary N) is 1. The number of aliphatic hydroxyl groups excluding tert-OH is 1. The summed E-state index contributed by atoms with van der Waals surface area (Å²) in [5, 5.41) is 13.3. The monoisotopic (exact) mass is 357 g/mol. The minimum Gasteiger partial charge on any atom is -0.391 e. The zero-order chi connectivity index (χ0) is 18.8. The Morgan fingerprint density at radius 1 is 1.15 bits per heavy atom. The van der Waals surface area contributed by atoms with E-state index in [1.54, 1.807) is 11.6 Å². The summed E-state index contributed by atoms with van der Waals surface area (Å²) in [5.74, 6) is 0.453. The van der Waals surface area contributed by atoms with Crippen LogP contribution in [0.15, 0.2) is 39.9 Å². The van der Waals surface area contributed by atoms with E-state index in [0.717, 1.165) is 10.1 Å². The summed E-state index contributed by atoms with van der Waals surface area (Å²) in [6.07, 6.45) is -0.0734. The van der Waals surface area contributed by atoms with Crippen LogP contribution in [0.3, 0.4) is 0 Å². The molecule has 0 aliphatic rings. The molecule has 0 aliphatic heterocycles. The highest BCUT2D eigenvalue weighted by Crippen LogP contribution is 2.17. The highest BCUT2D eigenvalue weighted by Gasteiger charge is 2.20. The predicted molar refractivity (Wildman–Crippen MR) is 100 cm³/mol. The van der Waals surface area contributed by atoms with Gasteiger partial charge in [-0.15, -0.1) is 0 Å². The molecule has 2 N–H and O–H groups in total. The van der Waals surface area contributed by atoms with E-state index >= 15 is 0 Å². The van der Waals surface area contributed by atoms with Gasteiger partial charge in [0.05, 0.1) is 12.6 Å². The van der Waals surface area contributed by atoms with E-state index in [9.17, 15) is 14.7 Å². The fourth-order valence-corrected chi connectivity index (χ4v) is 2.88. The Morgan fingerprint density at radius 2 is 1.85 bits per heavy atom. The number of imidazole rings is 1. The first kappa shape index (κ1) is 17.9. The Bertz CT molecular complexity index is 1030. The van der Waals surface area contributed by atoms with Crippen LogP contribution in [0, 0.1) is 0 Å². The summed E-state index contributed by atoms with van der Waals surface area (Å²) in [5.41, 5.74) is 0.808. The molecule has 0 spiro atoms. The van der Waals surface area contributed by atoms with Gasteiger partial charge in [-0.3, -0.25) is 13.9 Å². The highest BCUT2D eigenvalue weighted by atomic mass is 16.3. The lowest BCUT2D eigenvalue weighted by molar-refractivity contribution is 0.152. The van der Waals surface area contributed by atoms with Crippen molar-refractivity contribution >= 4 is 17.1 Å². The smallest absolute Gasteiger partial charge is 0.332 e. The molecular weight excluding hydrogens is 334 g/mol. The van der Waals surface area contributed by atoms with Crippen LogP contribution in [0.5, 0.6) is 0 Å². The van der Waals surface area contributed by atoms with Gasteiger partial charge in [-0.25, -0.2) is 4.79 Å². The topological polar surface area (TPSA) is 94.1 Å². The first-order valence-corrected chi connectivity index (χ1v) is 8.56. The van der Waals surface area contributed by atoms with Gasteiger partial charge in [-0.05, 0) is 12.0 Å². The molecule has 26 heavy (non-hydrogen) atoms. The van der Waals surface area contributed by atoms with Crippen LogP contribution in [0.25, 0.3) is 11.2 Å². The molecule has 3 rings (SSSR count). The van der Waals surface area contributed by atoms with Crippen LogP contribution in [0.1, 0.15) is 18.9 Å². The van der Waals surface area contributed by atoms with Gasteiger partial charge in [0.1, 0.15) is 0 Å². The molecule has 138 valence electrons. The first-order chi connectivity index (χ1) is 12.4. The highest BCUT2D eigenvalue weighted by molar-refractivity contribution is 5.74. The summed E-state index contributed by atoms with van der Waals surface area (Å²) in [7, 11) is 3.02. The Hall–Kier alpha value is -2.87. The lowest BCUT2D eigenvalue weighted by Crippen LogP contribution is -2.37. The van der Waals surface area contributed by atoms with Crippen LogP contribution >= 0.6 is 0 Å². The quantitative estimate of drug-likeness (QED) is 0.681. The molecule has 1 unspecified atom stereocenters. The number of fused-ring (bicyclic) bond motifs is 1. The molecule has 2 aromatic heterocycles. The third kappa shape index (κ3) is 3.15. The third-order valence-corrected chi connectivity index (χ3v) is 4.51. The van der Waals surface area contributed by atoms with E-state index in [4.69, 9.17) is 0 Å². The van der Waals surface area contributed by atoms with Gasteiger partial charge in [0, 0.05) is 20.6 Å². The van der Waals surface area contributed by atoms with Gasteiger partial charge < -0.3 is 15.0 Å². The Balaban J connectivity index is 2.13. The van der Waals surface area contributed by atoms with Crippen molar-refractivity contribution in [2.24, 2.45) is 14.1 Å². The summed E-state index contributed by atoms with van der Waals surface area (Å²) < 4.78 is 4.06. The summed E-state index contributed by atoms with van der Waals surface area (Å²) in [6, 6.07) is 9.79. The van der Waals surface area contributed by atoms with Gasteiger partial charge in [-0.2, -0.15) is 4.98 Å². The minimum absolute atomic E-state index is 0.220. The maximum absolute atomic E-state index is 12.7. The number of hydrogen-bond donors (Lipinski definition) is 2. The summed E-state index contributed by atoms with van der Waals surface area (Å²) >= 11 is 0. The van der Waals surface area contributed by atoms with E-state index in [1.807, 2.05) is 37.3 Å². The third-order valence-electron chi connectivity index (χ3n) is 4.51. The predicted octanol–water partition coefficient (Wildman–Crippen LogP) is 0.817. The van der Waals surface area contributed by atoms with E-state index in [1.165, 1.54) is 11.6 Å². The zero-order valence-electron chi connectivity index (χ0n) is 15.1. The average molecular weight is 357 g/mol. The molecule has 0 saturated heterocycles. The van der Waals surface area contributed by atoms with Crippen LogP contribution in [0.4, 0.5) is 5.95 Å². The summed E-state index contributed by atoms with van der Waals surface area (Å²) in [4.78, 5) is 29.3. The molecular formula is C18H23N5O3. The molecule has 2 heterocycles. The van der Waals surface area contributed by atoms with Crippen molar-refractivity contribution in [1.82, 2.24) is 18.7 Å². The second-order valence-corrected chi connectivity index (χ2v) is 6.33. The molecule has 0 amide bonds. The first-order valence-electron chi connectivity index (χ1n) is 8.56. The van der Waals surface area contributed by atoms with E-state index in [-0.39, 0.29) is 6.54 Å². The second-order valence-electron chi connectivity index (χ2n) is 6.33. The molecule has 0 radical (unpaired) electrons. The number of anilines is 1. The maximum atomic E-state index is 12.7. The van der Waals surface area contributed by atoms with Gasteiger partial charge in [0.25, 0.3) is 5.56 Å². The minimum atomic E-state index is -0.619. The number of hydrogen-bond acceptors (Lipinski definition) is 5. The zero-order valence-corrected chi connectivity index (χ0v) is 15.1.